The van der Waals surface area contributed by atoms with Crippen LogP contribution in [0.5, 0.6) is 0 Å². The Labute approximate surface area is 167 Å². The number of thiazole rings is 1. The van der Waals surface area contributed by atoms with Crippen LogP contribution in [-0.4, -0.2) is 17.9 Å². The van der Waals surface area contributed by atoms with E-state index in [1.165, 1.54) is 23.5 Å². The molecule has 0 bridgehead atoms. The first-order valence-corrected chi connectivity index (χ1v) is 9.46. The first-order chi connectivity index (χ1) is 13.4. The van der Waals surface area contributed by atoms with E-state index in [1.807, 2.05) is 36.9 Å². The standard InChI is InChI=1S/C21H19FN4OS/c1-13-8-16(10-17(22)9-13)12-26(18-6-4-15(11-23)5-7-18)21-25-19(14(2)28-21)20(27)24-3/h4-10H,12H2,1-3H3,(H,24,27). The number of nitriles is 1. The zero-order chi connectivity index (χ0) is 20.3. The fourth-order valence-electron chi connectivity index (χ4n) is 2.90. The molecule has 1 amide bonds. The molecule has 7 heteroatoms. The largest absolute Gasteiger partial charge is 0.354 e. The molecule has 0 radical (unpaired) electrons. The Morgan fingerprint density at radius 1 is 1.25 bits per heavy atom. The average molecular weight is 394 g/mol. The number of nitrogens with zero attached hydrogens (tertiary/aromatic N) is 3. The van der Waals surface area contributed by atoms with Crippen molar-refractivity contribution in [3.8, 4) is 6.07 Å². The highest BCUT2D eigenvalue weighted by Gasteiger charge is 2.20. The second-order valence-corrected chi connectivity index (χ2v) is 7.54. The molecule has 0 fully saturated rings. The topological polar surface area (TPSA) is 69.0 Å². The molecule has 28 heavy (non-hydrogen) atoms. The van der Waals surface area contributed by atoms with Crippen molar-refractivity contribution in [3.05, 3.63) is 75.5 Å². The first-order valence-electron chi connectivity index (χ1n) is 8.64. The van der Waals surface area contributed by atoms with Gasteiger partial charge >= 0.3 is 0 Å². The highest BCUT2D eigenvalue weighted by atomic mass is 32.1. The molecule has 0 aliphatic heterocycles. The minimum atomic E-state index is -0.295. The molecule has 0 unspecified atom stereocenters. The van der Waals surface area contributed by atoms with Gasteiger partial charge in [0.15, 0.2) is 5.13 Å². The third-order valence-electron chi connectivity index (χ3n) is 4.21. The van der Waals surface area contributed by atoms with E-state index >= 15 is 0 Å². The van der Waals surface area contributed by atoms with Gasteiger partial charge in [-0.1, -0.05) is 6.07 Å². The zero-order valence-electron chi connectivity index (χ0n) is 15.8. The number of halogens is 1. The van der Waals surface area contributed by atoms with Crippen molar-refractivity contribution < 1.29 is 9.18 Å². The molecule has 0 saturated heterocycles. The number of amides is 1. The van der Waals surface area contributed by atoms with Crippen molar-refractivity contribution in [3.63, 3.8) is 0 Å². The summed E-state index contributed by atoms with van der Waals surface area (Å²) in [6.07, 6.45) is 0. The van der Waals surface area contributed by atoms with E-state index in [-0.39, 0.29) is 11.7 Å². The quantitative estimate of drug-likeness (QED) is 0.693. The molecule has 0 spiro atoms. The van der Waals surface area contributed by atoms with Gasteiger partial charge in [0.25, 0.3) is 5.91 Å². The number of rotatable bonds is 5. The molecule has 1 heterocycles. The van der Waals surface area contributed by atoms with Gasteiger partial charge in [0.1, 0.15) is 11.5 Å². The van der Waals surface area contributed by atoms with E-state index in [1.54, 1.807) is 19.2 Å². The second-order valence-electron chi connectivity index (χ2n) is 6.36. The Kier molecular flexibility index (Phi) is 5.71. The fraction of sp³-hybridized carbons (Fsp3) is 0.190. The van der Waals surface area contributed by atoms with Crippen LogP contribution in [-0.2, 0) is 6.54 Å². The van der Waals surface area contributed by atoms with E-state index < -0.39 is 0 Å². The summed E-state index contributed by atoms with van der Waals surface area (Å²) in [7, 11) is 1.56. The van der Waals surface area contributed by atoms with Gasteiger partial charge in [0, 0.05) is 17.6 Å². The number of carbonyl (C=O) groups is 1. The van der Waals surface area contributed by atoms with Crippen molar-refractivity contribution in [2.75, 3.05) is 11.9 Å². The maximum Gasteiger partial charge on any atom is 0.270 e. The van der Waals surface area contributed by atoms with Gasteiger partial charge in [-0.2, -0.15) is 5.26 Å². The molecule has 1 N–H and O–H groups in total. The predicted molar refractivity (Wildman–Crippen MR) is 108 cm³/mol. The minimum absolute atomic E-state index is 0.249. The Hall–Kier alpha value is -3.24. The summed E-state index contributed by atoms with van der Waals surface area (Å²) >= 11 is 1.39. The summed E-state index contributed by atoms with van der Waals surface area (Å²) < 4.78 is 13.9. The van der Waals surface area contributed by atoms with Gasteiger partial charge in [0.05, 0.1) is 18.2 Å². The van der Waals surface area contributed by atoms with Crippen LogP contribution in [0.1, 0.15) is 32.1 Å². The number of nitrogens with one attached hydrogen (secondary N) is 1. The molecule has 5 nitrogen and oxygen atoms in total. The SMILES string of the molecule is CNC(=O)c1nc(N(Cc2cc(C)cc(F)c2)c2ccc(C#N)cc2)sc1C. The first kappa shape index (κ1) is 19.5. The van der Waals surface area contributed by atoms with Crippen molar-refractivity contribution in [1.82, 2.24) is 10.3 Å². The van der Waals surface area contributed by atoms with Crippen LogP contribution in [0.4, 0.5) is 15.2 Å². The summed E-state index contributed by atoms with van der Waals surface area (Å²) in [4.78, 5) is 19.3. The lowest BCUT2D eigenvalue weighted by molar-refractivity contribution is 0.0958. The van der Waals surface area contributed by atoms with Crippen LogP contribution < -0.4 is 10.2 Å². The van der Waals surface area contributed by atoms with Crippen molar-refractivity contribution in [2.24, 2.45) is 0 Å². The van der Waals surface area contributed by atoms with Crippen LogP contribution in [0.2, 0.25) is 0 Å². The molecule has 0 aliphatic rings. The van der Waals surface area contributed by atoms with Crippen LogP contribution in [0.3, 0.4) is 0 Å². The van der Waals surface area contributed by atoms with E-state index in [0.29, 0.717) is 22.9 Å². The van der Waals surface area contributed by atoms with Crippen LogP contribution in [0, 0.1) is 31.0 Å². The van der Waals surface area contributed by atoms with E-state index in [2.05, 4.69) is 16.4 Å². The Morgan fingerprint density at radius 3 is 2.57 bits per heavy atom. The minimum Gasteiger partial charge on any atom is -0.354 e. The van der Waals surface area contributed by atoms with Gasteiger partial charge in [-0.05, 0) is 61.4 Å². The van der Waals surface area contributed by atoms with Gasteiger partial charge in [-0.3, -0.25) is 4.79 Å². The molecule has 3 aromatic rings. The summed E-state index contributed by atoms with van der Waals surface area (Å²) in [5.41, 5.74) is 3.34. The number of carbonyl (C=O) groups excluding carboxylic acids is 1. The Balaban J connectivity index is 2.06. The van der Waals surface area contributed by atoms with E-state index in [9.17, 15) is 9.18 Å². The van der Waals surface area contributed by atoms with Crippen molar-refractivity contribution >= 4 is 28.1 Å². The van der Waals surface area contributed by atoms with Gasteiger partial charge < -0.3 is 10.2 Å². The number of aromatic nitrogens is 1. The molecule has 142 valence electrons. The third-order valence-corrected chi connectivity index (χ3v) is 5.20. The Bertz CT molecular complexity index is 1030. The summed E-state index contributed by atoms with van der Waals surface area (Å²) in [5, 5.41) is 12.3. The number of anilines is 2. The van der Waals surface area contributed by atoms with Crippen LogP contribution in [0.25, 0.3) is 0 Å². The molecule has 0 atom stereocenters. The number of aryl methyl sites for hydroxylation is 2. The lowest BCUT2D eigenvalue weighted by atomic mass is 10.1. The number of hydrogen-bond donors (Lipinski definition) is 1. The third kappa shape index (κ3) is 4.18. The highest BCUT2D eigenvalue weighted by molar-refractivity contribution is 7.15. The molecule has 2 aromatic carbocycles. The molecule has 0 saturated carbocycles. The maximum atomic E-state index is 13.9. The van der Waals surface area contributed by atoms with Crippen molar-refractivity contribution in [2.45, 2.75) is 20.4 Å². The van der Waals surface area contributed by atoms with E-state index in [0.717, 1.165) is 21.7 Å². The van der Waals surface area contributed by atoms with Crippen molar-refractivity contribution in [1.29, 1.82) is 5.26 Å². The zero-order valence-corrected chi connectivity index (χ0v) is 16.6. The van der Waals surface area contributed by atoms with Crippen LogP contribution in [0.15, 0.2) is 42.5 Å². The lowest BCUT2D eigenvalue weighted by Crippen LogP contribution is -2.20. The van der Waals surface area contributed by atoms with Gasteiger partial charge in [0.2, 0.25) is 0 Å². The monoisotopic (exact) mass is 394 g/mol. The molecule has 0 aliphatic carbocycles. The number of hydrogen-bond acceptors (Lipinski definition) is 5. The van der Waals surface area contributed by atoms with Crippen LogP contribution >= 0.6 is 11.3 Å². The highest BCUT2D eigenvalue weighted by Crippen LogP contribution is 2.33. The fourth-order valence-corrected chi connectivity index (χ4v) is 3.82. The maximum absolute atomic E-state index is 13.9. The normalized spacial score (nSPS) is 10.4. The summed E-state index contributed by atoms with van der Waals surface area (Å²) in [5.74, 6) is -0.544. The smallest absolute Gasteiger partial charge is 0.270 e. The molecular weight excluding hydrogens is 375 g/mol. The summed E-state index contributed by atoms with van der Waals surface area (Å²) in [6.45, 7) is 4.07. The summed E-state index contributed by atoms with van der Waals surface area (Å²) in [6, 6.07) is 14.1. The second kappa shape index (κ2) is 8.19. The van der Waals surface area contributed by atoms with Gasteiger partial charge in [-0.15, -0.1) is 11.3 Å². The van der Waals surface area contributed by atoms with E-state index in [4.69, 9.17) is 5.26 Å². The average Bonchev–Trinajstić information content (AvgIpc) is 3.06. The Morgan fingerprint density at radius 2 is 1.96 bits per heavy atom. The van der Waals surface area contributed by atoms with Gasteiger partial charge in [-0.25, -0.2) is 9.37 Å². The molecule has 1 aromatic heterocycles. The predicted octanol–water partition coefficient (Wildman–Crippen LogP) is 4.47. The lowest BCUT2D eigenvalue weighted by Gasteiger charge is -2.22. The number of benzene rings is 2. The molecular formula is C21H19FN4OS. The molecule has 3 rings (SSSR count).